The van der Waals surface area contributed by atoms with Gasteiger partial charge in [-0.2, -0.15) is 0 Å². The number of halogens is 1. The molecule has 2 aromatic heterocycles. The highest BCUT2D eigenvalue weighted by Gasteiger charge is 2.24. The van der Waals surface area contributed by atoms with Gasteiger partial charge in [0.2, 0.25) is 0 Å². The van der Waals surface area contributed by atoms with Crippen molar-refractivity contribution >= 4 is 39.0 Å². The Kier molecular flexibility index (Phi) is 5.41. The molecule has 0 aliphatic heterocycles. The van der Waals surface area contributed by atoms with Gasteiger partial charge in [-0.1, -0.05) is 6.07 Å². The fourth-order valence-corrected chi connectivity index (χ4v) is 3.84. The highest BCUT2D eigenvalue weighted by molar-refractivity contribution is 7.21. The van der Waals surface area contributed by atoms with Gasteiger partial charge in [-0.15, -0.1) is 11.3 Å². The fourth-order valence-electron chi connectivity index (χ4n) is 2.73. The van der Waals surface area contributed by atoms with Gasteiger partial charge >= 0.3 is 11.9 Å². The summed E-state index contributed by atoms with van der Waals surface area (Å²) in [6.45, 7) is 1.41. The zero-order valence-electron chi connectivity index (χ0n) is 14.9. The molecule has 0 saturated heterocycles. The van der Waals surface area contributed by atoms with Gasteiger partial charge < -0.3 is 14.0 Å². The third-order valence-corrected chi connectivity index (χ3v) is 5.16. The average molecular weight is 406 g/mol. The molecule has 0 saturated carbocycles. The number of carbonyl (C=O) groups excluding carboxylic acids is 2. The van der Waals surface area contributed by atoms with Crippen LogP contribution in [0.3, 0.4) is 0 Å². The van der Waals surface area contributed by atoms with E-state index in [4.69, 9.17) is 9.47 Å². The van der Waals surface area contributed by atoms with E-state index in [1.54, 1.807) is 13.0 Å². The van der Waals surface area contributed by atoms with Crippen LogP contribution in [0, 0.1) is 15.9 Å². The molecule has 0 radical (unpaired) electrons. The van der Waals surface area contributed by atoms with Crippen LogP contribution in [0.2, 0.25) is 0 Å². The van der Waals surface area contributed by atoms with Crippen LogP contribution in [-0.4, -0.2) is 28.0 Å². The first-order valence-corrected chi connectivity index (χ1v) is 9.00. The zero-order chi connectivity index (χ0) is 20.4. The smallest absolute Gasteiger partial charge is 0.355 e. The lowest BCUT2D eigenvalue weighted by Crippen LogP contribution is -2.11. The second kappa shape index (κ2) is 7.77. The Balaban J connectivity index is 1.93. The third-order valence-electron chi connectivity index (χ3n) is 3.98. The normalized spacial score (nSPS) is 10.8. The minimum Gasteiger partial charge on any atom is -0.462 e. The van der Waals surface area contributed by atoms with Crippen molar-refractivity contribution in [2.45, 2.75) is 13.5 Å². The maximum absolute atomic E-state index is 14.3. The second-order valence-electron chi connectivity index (χ2n) is 5.77. The molecule has 0 atom stereocenters. The molecule has 0 N–H and O–H groups in total. The van der Waals surface area contributed by atoms with Crippen LogP contribution in [0.5, 0.6) is 0 Å². The van der Waals surface area contributed by atoms with Gasteiger partial charge in [0.25, 0.3) is 5.69 Å². The molecule has 0 bridgehead atoms. The molecule has 28 heavy (non-hydrogen) atoms. The Bertz CT molecular complexity index is 1090. The highest BCUT2D eigenvalue weighted by atomic mass is 32.1. The molecular formula is C18H15FN2O6S. The molecule has 0 aliphatic rings. The Morgan fingerprint density at radius 2 is 2.04 bits per heavy atom. The van der Waals surface area contributed by atoms with E-state index in [2.05, 4.69) is 0 Å². The van der Waals surface area contributed by atoms with Crippen molar-refractivity contribution in [1.29, 1.82) is 0 Å². The van der Waals surface area contributed by atoms with Gasteiger partial charge in [-0.3, -0.25) is 10.1 Å². The number of nitro groups is 1. The van der Waals surface area contributed by atoms with Crippen molar-refractivity contribution < 1.29 is 28.4 Å². The van der Waals surface area contributed by atoms with Crippen LogP contribution in [0.25, 0.3) is 10.1 Å². The predicted molar refractivity (Wildman–Crippen MR) is 98.9 cm³/mol. The van der Waals surface area contributed by atoms with Crippen molar-refractivity contribution in [2.24, 2.45) is 7.05 Å². The van der Waals surface area contributed by atoms with Crippen LogP contribution < -0.4 is 0 Å². The second-order valence-corrected chi connectivity index (χ2v) is 6.82. The van der Waals surface area contributed by atoms with E-state index < -0.39 is 22.7 Å². The van der Waals surface area contributed by atoms with Gasteiger partial charge in [0, 0.05) is 28.8 Å². The largest absolute Gasteiger partial charge is 0.462 e. The van der Waals surface area contributed by atoms with Gasteiger partial charge in [-0.05, 0) is 19.1 Å². The SMILES string of the molecule is CCOC(=O)c1sc2cccc(F)c2c1COC(=O)c1cc([N+](=O)[O-])cn1C. The van der Waals surface area contributed by atoms with E-state index in [0.717, 1.165) is 17.4 Å². The number of hydrogen-bond acceptors (Lipinski definition) is 7. The molecule has 0 aliphatic carbocycles. The summed E-state index contributed by atoms with van der Waals surface area (Å²) in [5, 5.41) is 11.0. The van der Waals surface area contributed by atoms with E-state index in [1.807, 2.05) is 0 Å². The first-order chi connectivity index (χ1) is 13.3. The van der Waals surface area contributed by atoms with E-state index in [0.29, 0.717) is 4.70 Å². The molecule has 0 amide bonds. The van der Waals surface area contributed by atoms with Crippen LogP contribution in [-0.2, 0) is 23.1 Å². The van der Waals surface area contributed by atoms with Crippen molar-refractivity contribution in [3.8, 4) is 0 Å². The van der Waals surface area contributed by atoms with Crippen LogP contribution >= 0.6 is 11.3 Å². The van der Waals surface area contributed by atoms with Gasteiger partial charge in [0.15, 0.2) is 0 Å². The molecule has 2 heterocycles. The summed E-state index contributed by atoms with van der Waals surface area (Å²) in [6.07, 6.45) is 1.18. The van der Waals surface area contributed by atoms with Gasteiger partial charge in [-0.25, -0.2) is 14.0 Å². The monoisotopic (exact) mass is 406 g/mol. The predicted octanol–water partition coefficient (Wildman–Crippen LogP) is 3.82. The Morgan fingerprint density at radius 1 is 1.29 bits per heavy atom. The number of thiophene rings is 1. The molecule has 0 fully saturated rings. The number of nitrogens with zero attached hydrogens (tertiary/aromatic N) is 2. The summed E-state index contributed by atoms with van der Waals surface area (Å²) in [5.74, 6) is -2.02. The van der Waals surface area contributed by atoms with Crippen molar-refractivity contribution in [2.75, 3.05) is 6.61 Å². The summed E-state index contributed by atoms with van der Waals surface area (Å²) < 4.78 is 26.4. The van der Waals surface area contributed by atoms with Crippen LogP contribution in [0.4, 0.5) is 10.1 Å². The number of carbonyl (C=O) groups is 2. The van der Waals surface area contributed by atoms with Crippen molar-refractivity contribution in [3.63, 3.8) is 0 Å². The maximum atomic E-state index is 14.3. The van der Waals surface area contributed by atoms with E-state index in [9.17, 15) is 24.1 Å². The Hall–Kier alpha value is -3.27. The Morgan fingerprint density at radius 3 is 2.68 bits per heavy atom. The molecule has 0 unspecified atom stereocenters. The molecular weight excluding hydrogens is 391 g/mol. The summed E-state index contributed by atoms with van der Waals surface area (Å²) in [7, 11) is 1.47. The van der Waals surface area contributed by atoms with Gasteiger partial charge in [0.1, 0.15) is 23.0 Å². The van der Waals surface area contributed by atoms with Crippen LogP contribution in [0.1, 0.15) is 32.6 Å². The minimum absolute atomic E-state index is 0.0376. The fraction of sp³-hybridized carbons (Fsp3) is 0.222. The summed E-state index contributed by atoms with van der Waals surface area (Å²) in [6, 6.07) is 5.50. The molecule has 1 aromatic carbocycles. The topological polar surface area (TPSA) is 101 Å². The van der Waals surface area contributed by atoms with E-state index in [1.165, 1.54) is 29.9 Å². The number of aromatic nitrogens is 1. The summed E-state index contributed by atoms with van der Waals surface area (Å²) in [5.41, 5.74) is -0.0910. The molecule has 0 spiro atoms. The quantitative estimate of drug-likeness (QED) is 0.350. The molecule has 8 nitrogen and oxygen atoms in total. The Labute approximate surface area is 162 Å². The van der Waals surface area contributed by atoms with Crippen molar-refractivity contribution in [3.05, 3.63) is 62.5 Å². The minimum atomic E-state index is -0.832. The summed E-state index contributed by atoms with van der Waals surface area (Å²) >= 11 is 1.04. The number of hydrogen-bond donors (Lipinski definition) is 0. The first-order valence-electron chi connectivity index (χ1n) is 8.18. The number of rotatable bonds is 6. The summed E-state index contributed by atoms with van der Waals surface area (Å²) in [4.78, 5) is 35.0. The molecule has 3 rings (SSSR count). The number of esters is 2. The lowest BCUT2D eigenvalue weighted by Gasteiger charge is -2.07. The lowest BCUT2D eigenvalue weighted by atomic mass is 10.1. The molecule has 146 valence electrons. The zero-order valence-corrected chi connectivity index (χ0v) is 15.7. The van der Waals surface area contributed by atoms with E-state index in [-0.39, 0.29) is 40.4 Å². The third kappa shape index (κ3) is 3.58. The standard InChI is InChI=1S/C18H15FN2O6S/c1-3-26-18(23)16-11(15-12(19)5-4-6-14(15)28-16)9-27-17(22)13-7-10(21(24)25)8-20(13)2/h4-8H,3,9H2,1-2H3. The van der Waals surface area contributed by atoms with Crippen LogP contribution in [0.15, 0.2) is 30.5 Å². The number of benzene rings is 1. The molecule has 3 aromatic rings. The average Bonchev–Trinajstić information content (AvgIpc) is 3.22. The number of fused-ring (bicyclic) bond motifs is 1. The molecule has 10 heteroatoms. The van der Waals surface area contributed by atoms with Gasteiger partial charge in [0.05, 0.1) is 17.7 Å². The highest BCUT2D eigenvalue weighted by Crippen LogP contribution is 2.34. The number of ether oxygens (including phenoxy) is 2. The first kappa shape index (κ1) is 19.5. The number of aryl methyl sites for hydroxylation is 1. The maximum Gasteiger partial charge on any atom is 0.355 e. The van der Waals surface area contributed by atoms with E-state index >= 15 is 0 Å². The lowest BCUT2D eigenvalue weighted by molar-refractivity contribution is -0.384. The van der Waals surface area contributed by atoms with Crippen molar-refractivity contribution in [1.82, 2.24) is 4.57 Å².